The van der Waals surface area contributed by atoms with Gasteiger partial charge in [-0.25, -0.2) is 4.79 Å². The van der Waals surface area contributed by atoms with Gasteiger partial charge < -0.3 is 16.4 Å². The molecule has 0 fully saturated rings. The number of carbonyl (C=O) groups is 1. The number of hydrogen-bond donors (Lipinski definition) is 4. The molecule has 0 radical (unpaired) electrons. The summed E-state index contributed by atoms with van der Waals surface area (Å²) in [6.07, 6.45) is 1.74. The van der Waals surface area contributed by atoms with Gasteiger partial charge in [0.2, 0.25) is 0 Å². The van der Waals surface area contributed by atoms with Gasteiger partial charge in [0, 0.05) is 24.0 Å². The summed E-state index contributed by atoms with van der Waals surface area (Å²) in [5.41, 5.74) is 7.94. The summed E-state index contributed by atoms with van der Waals surface area (Å²) in [6, 6.07) is 9.33. The van der Waals surface area contributed by atoms with Gasteiger partial charge >= 0.3 is 6.03 Å². The number of nitrogens with one attached hydrogen (secondary N) is 3. The van der Waals surface area contributed by atoms with Crippen molar-refractivity contribution in [3.8, 4) is 0 Å². The van der Waals surface area contributed by atoms with Crippen molar-refractivity contribution in [1.82, 2.24) is 15.5 Å². The summed E-state index contributed by atoms with van der Waals surface area (Å²) in [7, 11) is 0. The molecule has 0 aliphatic heterocycles. The van der Waals surface area contributed by atoms with Crippen molar-refractivity contribution in [1.29, 1.82) is 0 Å². The average Bonchev–Trinajstić information content (AvgIpc) is 2.92. The quantitative estimate of drug-likeness (QED) is 0.673. The first-order chi connectivity index (χ1) is 9.56. The van der Waals surface area contributed by atoms with E-state index in [9.17, 15) is 4.79 Å². The number of benzene rings is 1. The molecule has 2 amide bonds. The zero-order chi connectivity index (χ0) is 14.5. The molecular formula is C14H19N5O. The van der Waals surface area contributed by atoms with Crippen LogP contribution in [0, 0.1) is 0 Å². The van der Waals surface area contributed by atoms with E-state index in [4.69, 9.17) is 5.73 Å². The SMILES string of the molecule is CC(NC(C)c1ccn[nH]1)c1ccc(NC(N)=O)cc1. The number of nitrogens with two attached hydrogens (primary N) is 1. The number of H-pyrrole nitrogens is 1. The summed E-state index contributed by atoms with van der Waals surface area (Å²) in [5.74, 6) is 0. The van der Waals surface area contributed by atoms with Crippen LogP contribution in [0.2, 0.25) is 0 Å². The van der Waals surface area contributed by atoms with Crippen molar-refractivity contribution >= 4 is 11.7 Å². The Kier molecular flexibility index (Phi) is 4.37. The fraction of sp³-hybridized carbons (Fsp3) is 0.286. The van der Waals surface area contributed by atoms with Gasteiger partial charge in [0.05, 0.1) is 5.69 Å². The number of nitrogens with zero attached hydrogens (tertiary/aromatic N) is 1. The molecule has 0 spiro atoms. The second kappa shape index (κ2) is 6.21. The van der Waals surface area contributed by atoms with Crippen LogP contribution < -0.4 is 16.4 Å². The standard InChI is InChI=1S/C14H19N5O/c1-9(17-10(2)13-7-8-16-19-13)11-3-5-12(6-4-11)18-14(15)20/h3-10,17H,1-2H3,(H,16,19)(H3,15,18,20). The summed E-state index contributed by atoms with van der Waals surface area (Å²) in [6.45, 7) is 4.16. The topological polar surface area (TPSA) is 95.8 Å². The fourth-order valence-electron chi connectivity index (χ4n) is 2.07. The van der Waals surface area contributed by atoms with E-state index in [2.05, 4.69) is 34.7 Å². The van der Waals surface area contributed by atoms with Crippen molar-refractivity contribution in [2.45, 2.75) is 25.9 Å². The highest BCUT2D eigenvalue weighted by atomic mass is 16.2. The van der Waals surface area contributed by atoms with Crippen LogP contribution in [0.1, 0.15) is 37.2 Å². The molecule has 1 heterocycles. The highest BCUT2D eigenvalue weighted by molar-refractivity contribution is 5.87. The molecule has 2 unspecified atom stereocenters. The summed E-state index contributed by atoms with van der Waals surface area (Å²) in [5, 5.41) is 12.9. The van der Waals surface area contributed by atoms with Crippen LogP contribution in [0.15, 0.2) is 36.5 Å². The Hall–Kier alpha value is -2.34. The average molecular weight is 273 g/mol. The number of hydrogen-bond acceptors (Lipinski definition) is 3. The second-order valence-corrected chi connectivity index (χ2v) is 4.73. The number of primary amides is 1. The lowest BCUT2D eigenvalue weighted by atomic mass is 10.1. The molecule has 0 saturated carbocycles. The van der Waals surface area contributed by atoms with Gasteiger partial charge in [-0.15, -0.1) is 0 Å². The molecule has 20 heavy (non-hydrogen) atoms. The Morgan fingerprint density at radius 2 is 1.90 bits per heavy atom. The van der Waals surface area contributed by atoms with Gasteiger partial charge in [-0.3, -0.25) is 5.10 Å². The predicted molar refractivity (Wildman–Crippen MR) is 78.2 cm³/mol. The first kappa shape index (κ1) is 14.1. The third kappa shape index (κ3) is 3.58. The smallest absolute Gasteiger partial charge is 0.316 e. The van der Waals surface area contributed by atoms with Gasteiger partial charge in [-0.05, 0) is 37.6 Å². The van der Waals surface area contributed by atoms with E-state index in [1.54, 1.807) is 6.20 Å². The third-order valence-corrected chi connectivity index (χ3v) is 3.17. The molecule has 2 rings (SSSR count). The lowest BCUT2D eigenvalue weighted by Crippen LogP contribution is -2.23. The Morgan fingerprint density at radius 1 is 1.20 bits per heavy atom. The number of urea groups is 1. The Morgan fingerprint density at radius 3 is 2.45 bits per heavy atom. The molecule has 0 aliphatic rings. The second-order valence-electron chi connectivity index (χ2n) is 4.73. The van der Waals surface area contributed by atoms with Crippen molar-refractivity contribution in [2.24, 2.45) is 5.73 Å². The van der Waals surface area contributed by atoms with Gasteiger partial charge in [0.25, 0.3) is 0 Å². The van der Waals surface area contributed by atoms with Crippen LogP contribution in [-0.2, 0) is 0 Å². The molecular weight excluding hydrogens is 254 g/mol. The highest BCUT2D eigenvalue weighted by Gasteiger charge is 2.12. The van der Waals surface area contributed by atoms with Gasteiger partial charge in [0.1, 0.15) is 0 Å². The predicted octanol–water partition coefficient (Wildman–Crippen LogP) is 2.31. The molecule has 2 atom stereocenters. The number of anilines is 1. The first-order valence-corrected chi connectivity index (χ1v) is 6.48. The van der Waals surface area contributed by atoms with Crippen molar-refractivity contribution in [3.05, 3.63) is 47.8 Å². The number of amides is 2. The van der Waals surface area contributed by atoms with Crippen LogP contribution in [0.5, 0.6) is 0 Å². The van der Waals surface area contributed by atoms with Gasteiger partial charge in [-0.1, -0.05) is 12.1 Å². The molecule has 6 nitrogen and oxygen atoms in total. The van der Waals surface area contributed by atoms with Crippen LogP contribution >= 0.6 is 0 Å². The summed E-state index contributed by atoms with van der Waals surface area (Å²) < 4.78 is 0. The van der Waals surface area contributed by atoms with Crippen LogP contribution in [0.3, 0.4) is 0 Å². The van der Waals surface area contributed by atoms with Crippen molar-refractivity contribution < 1.29 is 4.79 Å². The molecule has 5 N–H and O–H groups in total. The van der Waals surface area contributed by atoms with E-state index in [1.165, 1.54) is 0 Å². The molecule has 106 valence electrons. The Balaban J connectivity index is 1.98. The zero-order valence-corrected chi connectivity index (χ0v) is 11.6. The molecule has 1 aromatic carbocycles. The van der Waals surface area contributed by atoms with Gasteiger partial charge in [0.15, 0.2) is 0 Å². The highest BCUT2D eigenvalue weighted by Crippen LogP contribution is 2.19. The lowest BCUT2D eigenvalue weighted by molar-refractivity contribution is 0.259. The molecule has 6 heteroatoms. The van der Waals surface area contributed by atoms with E-state index >= 15 is 0 Å². The van der Waals surface area contributed by atoms with Crippen molar-refractivity contribution in [3.63, 3.8) is 0 Å². The minimum Gasteiger partial charge on any atom is -0.351 e. The molecule has 0 bridgehead atoms. The fourth-order valence-corrected chi connectivity index (χ4v) is 2.07. The summed E-state index contributed by atoms with van der Waals surface area (Å²) >= 11 is 0. The van der Waals surface area contributed by atoms with Crippen LogP contribution in [0.25, 0.3) is 0 Å². The lowest BCUT2D eigenvalue weighted by Gasteiger charge is -2.19. The van der Waals surface area contributed by atoms with Gasteiger partial charge in [-0.2, -0.15) is 5.10 Å². The number of rotatable bonds is 5. The zero-order valence-electron chi connectivity index (χ0n) is 11.6. The minimum atomic E-state index is -0.559. The van der Waals surface area contributed by atoms with E-state index in [0.29, 0.717) is 5.69 Å². The summed E-state index contributed by atoms with van der Waals surface area (Å²) in [4.78, 5) is 10.8. The van der Waals surface area contributed by atoms with E-state index < -0.39 is 6.03 Å². The molecule has 0 saturated heterocycles. The number of aromatic amines is 1. The van der Waals surface area contributed by atoms with E-state index in [0.717, 1.165) is 11.3 Å². The maximum Gasteiger partial charge on any atom is 0.316 e. The van der Waals surface area contributed by atoms with Crippen LogP contribution in [-0.4, -0.2) is 16.2 Å². The molecule has 1 aromatic heterocycles. The third-order valence-electron chi connectivity index (χ3n) is 3.17. The van der Waals surface area contributed by atoms with E-state index in [1.807, 2.05) is 30.3 Å². The van der Waals surface area contributed by atoms with Crippen molar-refractivity contribution in [2.75, 3.05) is 5.32 Å². The Bertz CT molecular complexity index is 549. The van der Waals surface area contributed by atoms with E-state index in [-0.39, 0.29) is 12.1 Å². The maximum atomic E-state index is 10.8. The minimum absolute atomic E-state index is 0.177. The maximum absolute atomic E-state index is 10.8. The Labute approximate surface area is 117 Å². The van der Waals surface area contributed by atoms with Crippen LogP contribution in [0.4, 0.5) is 10.5 Å². The first-order valence-electron chi connectivity index (χ1n) is 6.48. The number of carbonyl (C=O) groups excluding carboxylic acids is 1. The number of aromatic nitrogens is 2. The molecule has 0 aliphatic carbocycles. The largest absolute Gasteiger partial charge is 0.351 e. The monoisotopic (exact) mass is 273 g/mol. The molecule has 2 aromatic rings. The normalized spacial score (nSPS) is 13.7.